The van der Waals surface area contributed by atoms with E-state index in [0.29, 0.717) is 6.61 Å². The van der Waals surface area contributed by atoms with Crippen LogP contribution in [0, 0.1) is 0 Å². The summed E-state index contributed by atoms with van der Waals surface area (Å²) in [7, 11) is 5.70. The van der Waals surface area contributed by atoms with Crippen LogP contribution in [0.2, 0.25) is 0 Å². The molecule has 110 valence electrons. The van der Waals surface area contributed by atoms with Crippen molar-refractivity contribution < 1.29 is 9.47 Å². The molecule has 2 unspecified atom stereocenters. The fourth-order valence-electron chi connectivity index (χ4n) is 1.93. The molecule has 0 bridgehead atoms. The summed E-state index contributed by atoms with van der Waals surface area (Å²) < 4.78 is 12.8. The van der Waals surface area contributed by atoms with Crippen LogP contribution in [0.25, 0.3) is 0 Å². The minimum absolute atomic E-state index is 0.0753. The number of aromatic nitrogens is 2. The first kappa shape index (κ1) is 15.9. The smallest absolute Gasteiger partial charge is 0.161 e. The predicted octanol–water partition coefficient (Wildman–Crippen LogP) is 0.878. The fraction of sp³-hybridized carbons (Fsp3) is 0.769. The maximum absolute atomic E-state index is 6.27. The number of likely N-dealkylation sites (N-methyl/N-ethyl adjacent to an activating group) is 1. The van der Waals surface area contributed by atoms with Gasteiger partial charge in [-0.2, -0.15) is 5.10 Å². The molecule has 19 heavy (non-hydrogen) atoms. The molecule has 0 saturated heterocycles. The van der Waals surface area contributed by atoms with Gasteiger partial charge in [0.15, 0.2) is 5.75 Å². The van der Waals surface area contributed by atoms with Crippen LogP contribution in [-0.2, 0) is 11.3 Å². The van der Waals surface area contributed by atoms with Gasteiger partial charge >= 0.3 is 0 Å². The molecule has 0 radical (unpaired) electrons. The third kappa shape index (κ3) is 4.19. The van der Waals surface area contributed by atoms with Gasteiger partial charge in [0.05, 0.1) is 37.7 Å². The number of hydrogen-bond donors (Lipinski definition) is 1. The molecule has 1 heterocycles. The van der Waals surface area contributed by atoms with Crippen LogP contribution in [0.1, 0.15) is 25.6 Å². The zero-order valence-corrected chi connectivity index (χ0v) is 12.6. The van der Waals surface area contributed by atoms with Crippen LogP contribution in [0.5, 0.6) is 5.75 Å². The first-order valence-corrected chi connectivity index (χ1v) is 6.62. The topological polar surface area (TPSA) is 65.5 Å². The molecule has 0 fully saturated rings. The van der Waals surface area contributed by atoms with Crippen molar-refractivity contribution in [3.8, 4) is 5.75 Å². The highest BCUT2D eigenvalue weighted by Gasteiger charge is 2.24. The van der Waals surface area contributed by atoms with Gasteiger partial charge in [0, 0.05) is 13.2 Å². The van der Waals surface area contributed by atoms with Gasteiger partial charge in [0.1, 0.15) is 0 Å². The molecule has 0 amide bonds. The Morgan fingerprint density at radius 2 is 2.16 bits per heavy atom. The molecule has 2 atom stereocenters. The highest BCUT2D eigenvalue weighted by molar-refractivity contribution is 5.28. The SMILES string of the molecule is CCOC(C)C(N)c1c(OC)cnn1CCN(C)C. The molecule has 0 spiro atoms. The van der Waals surface area contributed by atoms with Gasteiger partial charge in [-0.1, -0.05) is 0 Å². The van der Waals surface area contributed by atoms with Crippen molar-refractivity contribution >= 4 is 0 Å². The summed E-state index contributed by atoms with van der Waals surface area (Å²) in [5.41, 5.74) is 7.17. The van der Waals surface area contributed by atoms with E-state index in [1.807, 2.05) is 32.6 Å². The third-order valence-corrected chi connectivity index (χ3v) is 3.07. The number of nitrogens with two attached hydrogens (primary N) is 1. The van der Waals surface area contributed by atoms with Gasteiger partial charge in [-0.3, -0.25) is 4.68 Å². The molecule has 0 saturated carbocycles. The quantitative estimate of drug-likeness (QED) is 0.759. The van der Waals surface area contributed by atoms with Crippen LogP contribution in [0.4, 0.5) is 0 Å². The molecular weight excluding hydrogens is 244 g/mol. The van der Waals surface area contributed by atoms with E-state index in [2.05, 4.69) is 10.00 Å². The van der Waals surface area contributed by atoms with Gasteiger partial charge in [0.2, 0.25) is 0 Å². The van der Waals surface area contributed by atoms with Gasteiger partial charge in [0.25, 0.3) is 0 Å². The summed E-state index contributed by atoms with van der Waals surface area (Å²) in [4.78, 5) is 2.11. The summed E-state index contributed by atoms with van der Waals surface area (Å²) in [5.74, 6) is 0.720. The number of methoxy groups -OCH3 is 1. The Bertz CT molecular complexity index is 379. The van der Waals surface area contributed by atoms with Gasteiger partial charge in [-0.25, -0.2) is 0 Å². The highest BCUT2D eigenvalue weighted by atomic mass is 16.5. The van der Waals surface area contributed by atoms with E-state index in [4.69, 9.17) is 15.2 Å². The molecule has 0 aliphatic carbocycles. The summed E-state index contributed by atoms with van der Waals surface area (Å²) in [6, 6.07) is -0.250. The van der Waals surface area contributed by atoms with Crippen molar-refractivity contribution in [2.24, 2.45) is 5.73 Å². The Kier molecular flexibility index (Phi) is 6.27. The maximum atomic E-state index is 6.27. The zero-order valence-electron chi connectivity index (χ0n) is 12.6. The summed E-state index contributed by atoms with van der Waals surface area (Å²) in [6.07, 6.45) is 1.64. The van der Waals surface area contributed by atoms with Gasteiger partial charge < -0.3 is 20.1 Å². The lowest BCUT2D eigenvalue weighted by Gasteiger charge is -2.22. The number of rotatable bonds is 8. The van der Waals surface area contributed by atoms with Crippen LogP contribution in [0.3, 0.4) is 0 Å². The molecule has 2 N–H and O–H groups in total. The van der Waals surface area contributed by atoms with Crippen LogP contribution in [0.15, 0.2) is 6.20 Å². The van der Waals surface area contributed by atoms with Gasteiger partial charge in [-0.05, 0) is 27.9 Å². The van der Waals surface area contributed by atoms with Crippen molar-refractivity contribution in [1.82, 2.24) is 14.7 Å². The first-order chi connectivity index (χ1) is 9.01. The van der Waals surface area contributed by atoms with Crippen molar-refractivity contribution in [3.05, 3.63) is 11.9 Å². The molecule has 1 aromatic rings. The zero-order chi connectivity index (χ0) is 14.4. The molecule has 6 heteroatoms. The lowest BCUT2D eigenvalue weighted by atomic mass is 10.1. The predicted molar refractivity (Wildman–Crippen MR) is 75.3 cm³/mol. The lowest BCUT2D eigenvalue weighted by Crippen LogP contribution is -2.30. The van der Waals surface area contributed by atoms with Crippen LogP contribution in [-0.4, -0.2) is 55.1 Å². The highest BCUT2D eigenvalue weighted by Crippen LogP contribution is 2.26. The fourth-order valence-corrected chi connectivity index (χ4v) is 1.93. The molecule has 0 aromatic carbocycles. The van der Waals surface area contributed by atoms with E-state index in [1.54, 1.807) is 13.3 Å². The monoisotopic (exact) mass is 270 g/mol. The average molecular weight is 270 g/mol. The Morgan fingerprint density at radius 1 is 1.47 bits per heavy atom. The molecular formula is C13H26N4O2. The van der Waals surface area contributed by atoms with E-state index < -0.39 is 0 Å². The largest absolute Gasteiger partial charge is 0.493 e. The van der Waals surface area contributed by atoms with Crippen molar-refractivity contribution in [3.63, 3.8) is 0 Å². The number of nitrogens with zero attached hydrogens (tertiary/aromatic N) is 3. The van der Waals surface area contributed by atoms with E-state index in [-0.39, 0.29) is 12.1 Å². The molecule has 1 aromatic heterocycles. The summed E-state index contributed by atoms with van der Waals surface area (Å²) in [6.45, 7) is 6.25. The standard InChI is InChI=1S/C13H26N4O2/c1-6-19-10(2)12(14)13-11(18-5)9-15-17(13)8-7-16(3)4/h9-10,12H,6-8,14H2,1-5H3. The minimum atomic E-state index is -0.250. The molecule has 6 nitrogen and oxygen atoms in total. The van der Waals surface area contributed by atoms with Crippen molar-refractivity contribution in [1.29, 1.82) is 0 Å². The van der Waals surface area contributed by atoms with Crippen molar-refractivity contribution in [2.45, 2.75) is 32.5 Å². The van der Waals surface area contributed by atoms with Crippen molar-refractivity contribution in [2.75, 3.05) is 34.4 Å². The van der Waals surface area contributed by atoms with E-state index >= 15 is 0 Å². The average Bonchev–Trinajstić information content (AvgIpc) is 2.78. The third-order valence-electron chi connectivity index (χ3n) is 3.07. The molecule has 1 rings (SSSR count). The normalized spacial score (nSPS) is 14.7. The van der Waals surface area contributed by atoms with E-state index in [1.165, 1.54) is 0 Å². The second-order valence-corrected chi connectivity index (χ2v) is 4.81. The van der Waals surface area contributed by atoms with Crippen LogP contribution >= 0.6 is 0 Å². The lowest BCUT2D eigenvalue weighted by molar-refractivity contribution is 0.0546. The molecule has 0 aliphatic rings. The minimum Gasteiger partial charge on any atom is -0.493 e. The first-order valence-electron chi connectivity index (χ1n) is 6.62. The van der Waals surface area contributed by atoms with E-state index in [9.17, 15) is 0 Å². The Morgan fingerprint density at radius 3 is 2.68 bits per heavy atom. The maximum Gasteiger partial charge on any atom is 0.161 e. The summed E-state index contributed by atoms with van der Waals surface area (Å²) >= 11 is 0. The van der Waals surface area contributed by atoms with Gasteiger partial charge in [-0.15, -0.1) is 0 Å². The number of ether oxygens (including phenoxy) is 2. The summed E-state index contributed by atoms with van der Waals surface area (Å²) in [5, 5.41) is 4.35. The second kappa shape index (κ2) is 7.47. The Balaban J connectivity index is 2.91. The Labute approximate surface area is 115 Å². The Hall–Kier alpha value is -1.11. The molecule has 0 aliphatic heterocycles. The van der Waals surface area contributed by atoms with E-state index in [0.717, 1.165) is 24.5 Å². The van der Waals surface area contributed by atoms with Crippen LogP contribution < -0.4 is 10.5 Å². The second-order valence-electron chi connectivity index (χ2n) is 4.81. The number of hydrogen-bond acceptors (Lipinski definition) is 5.